The van der Waals surface area contributed by atoms with Gasteiger partial charge in [0.1, 0.15) is 5.52 Å². The molecule has 1 amide bonds. The van der Waals surface area contributed by atoms with Crippen molar-refractivity contribution in [1.29, 1.82) is 0 Å². The summed E-state index contributed by atoms with van der Waals surface area (Å²) in [6, 6.07) is 15.3. The highest BCUT2D eigenvalue weighted by Crippen LogP contribution is 2.33. The van der Waals surface area contributed by atoms with Crippen molar-refractivity contribution >= 4 is 28.7 Å². The standard InChI is InChI=1S/C25H25N5O4S/c1-3-30-23-22(16(2)28-30)27-25(35-14-21(31)26-12-17-7-5-4-6-8-17)29(24(23)32)13-18-9-10-19-20(11-18)34-15-33-19/h4-11H,3,12-15H2,1-2H3,(H,26,31). The van der Waals surface area contributed by atoms with E-state index in [0.717, 1.165) is 11.1 Å². The zero-order valence-corrected chi connectivity index (χ0v) is 20.3. The van der Waals surface area contributed by atoms with Gasteiger partial charge in [-0.1, -0.05) is 48.2 Å². The number of nitrogens with zero attached hydrogens (tertiary/aromatic N) is 4. The van der Waals surface area contributed by atoms with Gasteiger partial charge in [0.05, 0.1) is 18.0 Å². The third kappa shape index (κ3) is 4.74. The van der Waals surface area contributed by atoms with Crippen molar-refractivity contribution in [2.24, 2.45) is 0 Å². The predicted molar refractivity (Wildman–Crippen MR) is 133 cm³/mol. The molecule has 0 saturated heterocycles. The molecule has 1 aliphatic heterocycles. The second-order valence-electron chi connectivity index (χ2n) is 8.12. The monoisotopic (exact) mass is 491 g/mol. The van der Waals surface area contributed by atoms with Gasteiger partial charge in [-0.25, -0.2) is 4.98 Å². The Labute approximate surface area is 206 Å². The van der Waals surface area contributed by atoms with Gasteiger partial charge in [0.2, 0.25) is 12.7 Å². The SMILES string of the molecule is CCn1nc(C)c2nc(SCC(=O)NCc3ccccc3)n(Cc3ccc4c(c3)OCO4)c(=O)c21. The first kappa shape index (κ1) is 23.0. The quantitative estimate of drug-likeness (QED) is 0.299. The van der Waals surface area contributed by atoms with Crippen LogP contribution < -0.4 is 20.3 Å². The molecule has 2 aromatic heterocycles. The molecule has 3 heterocycles. The molecule has 2 aromatic carbocycles. The van der Waals surface area contributed by atoms with Crippen LogP contribution >= 0.6 is 11.8 Å². The third-order valence-electron chi connectivity index (χ3n) is 5.72. The molecular weight excluding hydrogens is 466 g/mol. The second kappa shape index (κ2) is 9.83. The minimum Gasteiger partial charge on any atom is -0.454 e. The molecule has 0 unspecified atom stereocenters. The third-order valence-corrected chi connectivity index (χ3v) is 6.70. The largest absolute Gasteiger partial charge is 0.454 e. The molecule has 180 valence electrons. The summed E-state index contributed by atoms with van der Waals surface area (Å²) < 4.78 is 14.2. The number of carbonyl (C=O) groups is 1. The normalized spacial score (nSPS) is 12.3. The van der Waals surface area contributed by atoms with Crippen LogP contribution in [0.2, 0.25) is 0 Å². The number of nitrogens with one attached hydrogen (secondary N) is 1. The number of aryl methyl sites for hydroxylation is 2. The van der Waals surface area contributed by atoms with Crippen LogP contribution in [0.3, 0.4) is 0 Å². The highest BCUT2D eigenvalue weighted by molar-refractivity contribution is 7.99. The van der Waals surface area contributed by atoms with Gasteiger partial charge in [-0.2, -0.15) is 5.10 Å². The number of amides is 1. The van der Waals surface area contributed by atoms with E-state index in [1.165, 1.54) is 11.8 Å². The van der Waals surface area contributed by atoms with Gasteiger partial charge in [0, 0.05) is 13.1 Å². The molecule has 0 atom stereocenters. The van der Waals surface area contributed by atoms with Crippen LogP contribution in [0.5, 0.6) is 11.5 Å². The van der Waals surface area contributed by atoms with Crippen LogP contribution in [0.1, 0.15) is 23.7 Å². The molecule has 0 aliphatic carbocycles. The van der Waals surface area contributed by atoms with Gasteiger partial charge >= 0.3 is 0 Å². The zero-order chi connectivity index (χ0) is 24.4. The van der Waals surface area contributed by atoms with Crippen molar-refractivity contribution < 1.29 is 14.3 Å². The minimum absolute atomic E-state index is 0.132. The van der Waals surface area contributed by atoms with Gasteiger partial charge in [0.15, 0.2) is 22.2 Å². The Morgan fingerprint density at radius 2 is 1.91 bits per heavy atom. The molecule has 5 rings (SSSR count). The molecule has 0 radical (unpaired) electrons. The van der Waals surface area contributed by atoms with Crippen LogP contribution in [0.4, 0.5) is 0 Å². The number of benzene rings is 2. The highest BCUT2D eigenvalue weighted by atomic mass is 32.2. The summed E-state index contributed by atoms with van der Waals surface area (Å²) in [5, 5.41) is 7.87. The van der Waals surface area contributed by atoms with E-state index < -0.39 is 0 Å². The number of ether oxygens (including phenoxy) is 2. The fourth-order valence-corrected chi connectivity index (χ4v) is 4.79. The molecule has 1 N–H and O–H groups in total. The Balaban J connectivity index is 1.43. The first-order valence-corrected chi connectivity index (χ1v) is 12.3. The zero-order valence-electron chi connectivity index (χ0n) is 19.5. The maximum absolute atomic E-state index is 13.6. The van der Waals surface area contributed by atoms with Gasteiger partial charge in [0.25, 0.3) is 5.56 Å². The maximum Gasteiger partial charge on any atom is 0.280 e. The smallest absolute Gasteiger partial charge is 0.280 e. The fraction of sp³-hybridized carbons (Fsp3) is 0.280. The summed E-state index contributed by atoms with van der Waals surface area (Å²) in [6.45, 7) is 5.23. The summed E-state index contributed by atoms with van der Waals surface area (Å²) in [6.07, 6.45) is 0. The topological polar surface area (TPSA) is 100 Å². The van der Waals surface area contributed by atoms with E-state index in [2.05, 4.69) is 10.4 Å². The number of thioether (sulfide) groups is 1. The molecule has 0 saturated carbocycles. The molecule has 0 spiro atoms. The second-order valence-corrected chi connectivity index (χ2v) is 9.07. The van der Waals surface area contributed by atoms with E-state index in [9.17, 15) is 9.59 Å². The van der Waals surface area contributed by atoms with Gasteiger partial charge in [-0.3, -0.25) is 18.8 Å². The lowest BCUT2D eigenvalue weighted by Gasteiger charge is -2.13. The van der Waals surface area contributed by atoms with E-state index in [0.29, 0.717) is 46.5 Å². The summed E-state index contributed by atoms with van der Waals surface area (Å²) in [5.41, 5.74) is 3.40. The van der Waals surface area contributed by atoms with E-state index in [4.69, 9.17) is 14.5 Å². The van der Waals surface area contributed by atoms with Crippen LogP contribution in [0, 0.1) is 6.92 Å². The van der Waals surface area contributed by atoms with Gasteiger partial charge < -0.3 is 14.8 Å². The minimum atomic E-state index is -0.192. The Bertz CT molecular complexity index is 1450. The molecule has 35 heavy (non-hydrogen) atoms. The van der Waals surface area contributed by atoms with Crippen molar-refractivity contribution in [3.05, 3.63) is 75.7 Å². The lowest BCUT2D eigenvalue weighted by Crippen LogP contribution is -2.27. The lowest BCUT2D eigenvalue weighted by molar-refractivity contribution is -0.118. The molecule has 0 bridgehead atoms. The van der Waals surface area contributed by atoms with E-state index >= 15 is 0 Å². The van der Waals surface area contributed by atoms with Crippen LogP contribution in [-0.2, 0) is 24.4 Å². The maximum atomic E-state index is 13.6. The Kier molecular flexibility index (Phi) is 6.45. The Morgan fingerprint density at radius 3 is 2.71 bits per heavy atom. The van der Waals surface area contributed by atoms with Crippen molar-refractivity contribution in [1.82, 2.24) is 24.6 Å². The van der Waals surface area contributed by atoms with E-state index in [1.54, 1.807) is 9.25 Å². The molecule has 9 nitrogen and oxygen atoms in total. The van der Waals surface area contributed by atoms with Gasteiger partial charge in [-0.15, -0.1) is 0 Å². The van der Waals surface area contributed by atoms with Crippen LogP contribution in [-0.4, -0.2) is 37.8 Å². The van der Waals surface area contributed by atoms with Crippen molar-refractivity contribution in [3.63, 3.8) is 0 Å². The number of aromatic nitrogens is 4. The number of carbonyl (C=O) groups excluding carboxylic acids is 1. The number of fused-ring (bicyclic) bond motifs is 2. The van der Waals surface area contributed by atoms with E-state index in [1.807, 2.05) is 62.4 Å². The van der Waals surface area contributed by atoms with Crippen LogP contribution in [0.25, 0.3) is 11.0 Å². The first-order chi connectivity index (χ1) is 17.0. The molecule has 10 heteroatoms. The summed E-state index contributed by atoms with van der Waals surface area (Å²) in [7, 11) is 0. The lowest BCUT2D eigenvalue weighted by atomic mass is 10.2. The van der Waals surface area contributed by atoms with Gasteiger partial charge in [-0.05, 0) is 37.1 Å². The molecule has 0 fully saturated rings. The molecular formula is C25H25N5O4S. The van der Waals surface area contributed by atoms with E-state index in [-0.39, 0.29) is 30.6 Å². The summed E-state index contributed by atoms with van der Waals surface area (Å²) >= 11 is 1.24. The van der Waals surface area contributed by atoms with Crippen molar-refractivity contribution in [2.45, 2.75) is 38.6 Å². The number of rotatable bonds is 8. The number of hydrogen-bond acceptors (Lipinski definition) is 7. The number of hydrogen-bond donors (Lipinski definition) is 1. The Hall–Kier alpha value is -3.79. The average molecular weight is 492 g/mol. The van der Waals surface area contributed by atoms with Crippen molar-refractivity contribution in [2.75, 3.05) is 12.5 Å². The Morgan fingerprint density at radius 1 is 1.11 bits per heavy atom. The predicted octanol–water partition coefficient (Wildman–Crippen LogP) is 3.11. The average Bonchev–Trinajstić information content (AvgIpc) is 3.47. The fourth-order valence-electron chi connectivity index (χ4n) is 3.97. The molecule has 1 aliphatic rings. The summed E-state index contributed by atoms with van der Waals surface area (Å²) in [5.74, 6) is 1.32. The van der Waals surface area contributed by atoms with Crippen LogP contribution in [0.15, 0.2) is 58.5 Å². The molecule has 4 aromatic rings. The summed E-state index contributed by atoms with van der Waals surface area (Å²) in [4.78, 5) is 31.0. The van der Waals surface area contributed by atoms with Crippen molar-refractivity contribution in [3.8, 4) is 11.5 Å². The first-order valence-electron chi connectivity index (χ1n) is 11.3. The highest BCUT2D eigenvalue weighted by Gasteiger charge is 2.20.